The monoisotopic (exact) mass is 323 g/mol. The Morgan fingerprint density at radius 1 is 1.00 bits per heavy atom. The quantitative estimate of drug-likeness (QED) is 0.886. The summed E-state index contributed by atoms with van der Waals surface area (Å²) in [5.41, 5.74) is 4.00. The molecule has 1 atom stereocenters. The van der Waals surface area contributed by atoms with E-state index < -0.39 is 12.0 Å². The van der Waals surface area contributed by atoms with Crippen LogP contribution < -0.4 is 5.32 Å². The van der Waals surface area contributed by atoms with Crippen molar-refractivity contribution < 1.29 is 14.7 Å². The molecule has 0 fully saturated rings. The summed E-state index contributed by atoms with van der Waals surface area (Å²) in [7, 11) is 0. The van der Waals surface area contributed by atoms with Gasteiger partial charge in [0.15, 0.2) is 0 Å². The zero-order valence-corrected chi connectivity index (χ0v) is 13.8. The number of benzene rings is 2. The van der Waals surface area contributed by atoms with Crippen LogP contribution in [0.4, 0.5) is 0 Å². The molecule has 2 aromatic carbocycles. The van der Waals surface area contributed by atoms with Gasteiger partial charge < -0.3 is 10.4 Å². The predicted molar refractivity (Wildman–Crippen MR) is 92.7 cm³/mol. The topological polar surface area (TPSA) is 66.4 Å². The van der Waals surface area contributed by atoms with Gasteiger partial charge in [0.25, 0.3) is 0 Å². The average molecular weight is 323 g/mol. The summed E-state index contributed by atoms with van der Waals surface area (Å²) in [5, 5.41) is 12.5. The van der Waals surface area contributed by atoms with Crippen LogP contribution in [0.15, 0.2) is 48.5 Å². The number of carbonyl (C=O) groups is 2. The molecule has 2 N–H and O–H groups in total. The van der Waals surface area contributed by atoms with Crippen LogP contribution in [0.2, 0.25) is 0 Å². The summed E-state index contributed by atoms with van der Waals surface area (Å²) in [4.78, 5) is 24.1. The number of hydrogen-bond donors (Lipinski definition) is 2. The Balaban J connectivity index is 2.02. The number of carbonyl (C=O) groups excluding carboxylic acids is 1. The molecule has 2 aromatic rings. The maximum atomic E-state index is 12.2. The minimum absolute atomic E-state index is 0.183. The Bertz CT molecular complexity index is 736. The molecule has 0 saturated heterocycles. The van der Waals surface area contributed by atoms with Crippen molar-refractivity contribution in [2.45, 2.75) is 32.2 Å². The van der Waals surface area contributed by atoms with E-state index >= 15 is 0 Å². The van der Waals surface area contributed by atoms with Gasteiger partial charge in [-0.2, -0.15) is 0 Å². The lowest BCUT2D eigenvalue weighted by atomic mass is 9.89. The standard InChI is InChI=1S/C20H21NO3/c1-12(2)11-17(22)21-19(20(23)24)18-15-9-5-3-7-13(15)14-8-4-6-10-16(14)18/h3-10,12,18-19H,11H2,1-2H3,(H,21,22)(H,23,24)/t19-/m0/s1. The van der Waals surface area contributed by atoms with Crippen molar-refractivity contribution in [1.82, 2.24) is 5.32 Å². The van der Waals surface area contributed by atoms with Gasteiger partial charge in [-0.1, -0.05) is 62.4 Å². The predicted octanol–water partition coefficient (Wildman–Crippen LogP) is 3.41. The van der Waals surface area contributed by atoms with Crippen molar-refractivity contribution in [2.75, 3.05) is 0 Å². The van der Waals surface area contributed by atoms with Crippen molar-refractivity contribution in [3.05, 3.63) is 59.7 Å². The summed E-state index contributed by atoms with van der Waals surface area (Å²) >= 11 is 0. The molecule has 0 heterocycles. The first-order valence-electron chi connectivity index (χ1n) is 8.19. The van der Waals surface area contributed by atoms with Gasteiger partial charge in [0, 0.05) is 12.3 Å². The van der Waals surface area contributed by atoms with Crippen LogP contribution in [0, 0.1) is 5.92 Å². The Morgan fingerprint density at radius 2 is 1.50 bits per heavy atom. The fourth-order valence-corrected chi connectivity index (χ4v) is 3.44. The number of amides is 1. The molecule has 4 nitrogen and oxygen atoms in total. The Hall–Kier alpha value is -2.62. The third kappa shape index (κ3) is 2.92. The van der Waals surface area contributed by atoms with E-state index in [1.807, 2.05) is 62.4 Å². The van der Waals surface area contributed by atoms with Crippen LogP contribution in [0.25, 0.3) is 11.1 Å². The Kier molecular flexibility index (Phi) is 4.38. The summed E-state index contributed by atoms with van der Waals surface area (Å²) in [5.74, 6) is -1.42. The van der Waals surface area contributed by atoms with Crippen molar-refractivity contribution in [2.24, 2.45) is 5.92 Å². The molecule has 0 aromatic heterocycles. The van der Waals surface area contributed by atoms with Crippen LogP contribution in [-0.4, -0.2) is 23.0 Å². The molecule has 0 spiro atoms. The smallest absolute Gasteiger partial charge is 0.327 e. The van der Waals surface area contributed by atoms with E-state index in [1.165, 1.54) is 0 Å². The van der Waals surface area contributed by atoms with E-state index in [-0.39, 0.29) is 17.7 Å². The normalized spacial score (nSPS) is 14.1. The van der Waals surface area contributed by atoms with Crippen LogP contribution >= 0.6 is 0 Å². The lowest BCUT2D eigenvalue weighted by Gasteiger charge is -2.23. The zero-order chi connectivity index (χ0) is 17.3. The number of rotatable bonds is 5. The molecule has 0 aliphatic heterocycles. The minimum Gasteiger partial charge on any atom is -0.480 e. The summed E-state index contributed by atoms with van der Waals surface area (Å²) in [6.07, 6.45) is 0.319. The number of fused-ring (bicyclic) bond motifs is 3. The molecule has 0 radical (unpaired) electrons. The minimum atomic E-state index is -1.01. The van der Waals surface area contributed by atoms with Gasteiger partial charge in [0.1, 0.15) is 6.04 Å². The first-order valence-corrected chi connectivity index (χ1v) is 8.19. The second kappa shape index (κ2) is 6.48. The van der Waals surface area contributed by atoms with E-state index in [0.29, 0.717) is 6.42 Å². The lowest BCUT2D eigenvalue weighted by Crippen LogP contribution is -2.45. The second-order valence-corrected chi connectivity index (χ2v) is 6.63. The van der Waals surface area contributed by atoms with Crippen LogP contribution in [0.3, 0.4) is 0 Å². The molecule has 1 aliphatic carbocycles. The average Bonchev–Trinajstić information content (AvgIpc) is 2.86. The van der Waals surface area contributed by atoms with Gasteiger partial charge in [0.05, 0.1) is 0 Å². The lowest BCUT2D eigenvalue weighted by molar-refractivity contribution is -0.142. The summed E-state index contributed by atoms with van der Waals surface area (Å²) in [6.45, 7) is 3.88. The number of nitrogens with one attached hydrogen (secondary N) is 1. The number of carboxylic acid groups (broad SMARTS) is 1. The van der Waals surface area contributed by atoms with Crippen molar-refractivity contribution in [3.63, 3.8) is 0 Å². The largest absolute Gasteiger partial charge is 0.480 e. The van der Waals surface area contributed by atoms with Crippen molar-refractivity contribution >= 4 is 11.9 Å². The van der Waals surface area contributed by atoms with Gasteiger partial charge in [-0.05, 0) is 28.2 Å². The van der Waals surface area contributed by atoms with E-state index in [0.717, 1.165) is 22.3 Å². The third-order valence-corrected chi connectivity index (χ3v) is 4.39. The molecular weight excluding hydrogens is 302 g/mol. The molecule has 0 saturated carbocycles. The van der Waals surface area contributed by atoms with Gasteiger partial charge in [-0.15, -0.1) is 0 Å². The number of aliphatic carboxylic acids is 1. The van der Waals surface area contributed by atoms with Crippen LogP contribution in [-0.2, 0) is 9.59 Å². The van der Waals surface area contributed by atoms with E-state index in [9.17, 15) is 14.7 Å². The van der Waals surface area contributed by atoms with Gasteiger partial charge in [0.2, 0.25) is 5.91 Å². The van der Waals surface area contributed by atoms with E-state index in [1.54, 1.807) is 0 Å². The molecule has 3 rings (SSSR count). The maximum Gasteiger partial charge on any atom is 0.327 e. The summed E-state index contributed by atoms with van der Waals surface area (Å²) in [6, 6.07) is 14.7. The molecule has 0 unspecified atom stereocenters. The highest BCUT2D eigenvalue weighted by atomic mass is 16.4. The highest BCUT2D eigenvalue weighted by Crippen LogP contribution is 2.46. The van der Waals surface area contributed by atoms with E-state index in [4.69, 9.17) is 0 Å². The molecule has 4 heteroatoms. The summed E-state index contributed by atoms with van der Waals surface area (Å²) < 4.78 is 0. The first-order chi connectivity index (χ1) is 11.5. The third-order valence-electron chi connectivity index (χ3n) is 4.39. The molecule has 1 amide bonds. The van der Waals surface area contributed by atoms with Gasteiger partial charge in [-0.25, -0.2) is 4.79 Å². The highest BCUT2D eigenvalue weighted by Gasteiger charge is 2.38. The number of carboxylic acids is 1. The van der Waals surface area contributed by atoms with Crippen molar-refractivity contribution in [1.29, 1.82) is 0 Å². The van der Waals surface area contributed by atoms with Crippen LogP contribution in [0.1, 0.15) is 37.3 Å². The zero-order valence-electron chi connectivity index (χ0n) is 13.8. The van der Waals surface area contributed by atoms with E-state index in [2.05, 4.69) is 5.32 Å². The molecule has 124 valence electrons. The fourth-order valence-electron chi connectivity index (χ4n) is 3.44. The highest BCUT2D eigenvalue weighted by molar-refractivity contribution is 5.88. The van der Waals surface area contributed by atoms with Gasteiger partial charge in [-0.3, -0.25) is 4.79 Å². The Labute approximate surface area is 141 Å². The Morgan fingerprint density at radius 3 is 1.96 bits per heavy atom. The van der Waals surface area contributed by atoms with Gasteiger partial charge >= 0.3 is 5.97 Å². The second-order valence-electron chi connectivity index (χ2n) is 6.63. The molecule has 0 bridgehead atoms. The van der Waals surface area contributed by atoms with Crippen molar-refractivity contribution in [3.8, 4) is 11.1 Å². The van der Waals surface area contributed by atoms with Crippen LogP contribution in [0.5, 0.6) is 0 Å². The maximum absolute atomic E-state index is 12.2. The molecule has 24 heavy (non-hydrogen) atoms. The first kappa shape index (κ1) is 16.2. The molecular formula is C20H21NO3. The SMILES string of the molecule is CC(C)CC(=O)N[C@H](C(=O)O)C1c2ccccc2-c2ccccc21. The molecule has 1 aliphatic rings. The number of hydrogen-bond acceptors (Lipinski definition) is 2. The fraction of sp³-hybridized carbons (Fsp3) is 0.300.